The SMILES string of the molecule is O=c1cncc(C2CCCc3cccnc32)[nH]1. The molecule has 0 radical (unpaired) electrons. The fourth-order valence-electron chi connectivity index (χ4n) is 2.48. The second-order valence-corrected chi connectivity index (χ2v) is 4.34. The standard InChI is InChI=1S/C13H13N3O/c17-12-8-14-7-11(16-12)10-5-1-3-9-4-2-6-15-13(9)10/h2,4,6-8,10H,1,3,5H2,(H,16,17). The quantitative estimate of drug-likeness (QED) is 0.805. The van der Waals surface area contributed by atoms with Crippen molar-refractivity contribution >= 4 is 0 Å². The first-order valence-electron chi connectivity index (χ1n) is 5.82. The van der Waals surface area contributed by atoms with Gasteiger partial charge in [-0.15, -0.1) is 0 Å². The Morgan fingerprint density at radius 2 is 2.29 bits per heavy atom. The second kappa shape index (κ2) is 4.13. The first-order valence-corrected chi connectivity index (χ1v) is 5.82. The van der Waals surface area contributed by atoms with Crippen LogP contribution in [-0.4, -0.2) is 15.0 Å². The van der Waals surface area contributed by atoms with Crippen LogP contribution in [0.4, 0.5) is 0 Å². The summed E-state index contributed by atoms with van der Waals surface area (Å²) in [5.41, 5.74) is 3.10. The topological polar surface area (TPSA) is 58.6 Å². The minimum absolute atomic E-state index is 0.148. The van der Waals surface area contributed by atoms with Crippen molar-refractivity contribution < 1.29 is 0 Å². The van der Waals surface area contributed by atoms with E-state index in [1.165, 1.54) is 11.8 Å². The van der Waals surface area contributed by atoms with Crippen LogP contribution >= 0.6 is 0 Å². The van der Waals surface area contributed by atoms with Crippen LogP contribution in [0.1, 0.15) is 35.7 Å². The number of aryl methyl sites for hydroxylation is 1. The zero-order valence-electron chi connectivity index (χ0n) is 9.39. The summed E-state index contributed by atoms with van der Waals surface area (Å²) in [5, 5.41) is 0. The van der Waals surface area contributed by atoms with Crippen LogP contribution in [-0.2, 0) is 6.42 Å². The van der Waals surface area contributed by atoms with E-state index in [9.17, 15) is 4.79 Å². The Morgan fingerprint density at radius 1 is 1.35 bits per heavy atom. The Bertz CT molecular complexity index is 591. The molecular weight excluding hydrogens is 214 g/mol. The van der Waals surface area contributed by atoms with Gasteiger partial charge >= 0.3 is 0 Å². The largest absolute Gasteiger partial charge is 0.323 e. The van der Waals surface area contributed by atoms with Crippen molar-refractivity contribution in [2.75, 3.05) is 0 Å². The summed E-state index contributed by atoms with van der Waals surface area (Å²) < 4.78 is 0. The van der Waals surface area contributed by atoms with Crippen molar-refractivity contribution in [3.05, 3.63) is 58.0 Å². The van der Waals surface area contributed by atoms with E-state index in [0.29, 0.717) is 0 Å². The monoisotopic (exact) mass is 227 g/mol. The number of H-pyrrole nitrogens is 1. The molecule has 1 atom stereocenters. The molecule has 0 spiro atoms. The lowest BCUT2D eigenvalue weighted by atomic mass is 9.85. The molecule has 1 N–H and O–H groups in total. The predicted octanol–water partition coefficient (Wildman–Crippen LogP) is 1.63. The third-order valence-electron chi connectivity index (χ3n) is 3.24. The van der Waals surface area contributed by atoms with Gasteiger partial charge in [-0.1, -0.05) is 6.07 Å². The van der Waals surface area contributed by atoms with Crippen LogP contribution in [0.15, 0.2) is 35.5 Å². The van der Waals surface area contributed by atoms with Gasteiger partial charge < -0.3 is 4.98 Å². The Balaban J connectivity index is 2.09. The van der Waals surface area contributed by atoms with Gasteiger partial charge in [0.15, 0.2) is 0 Å². The lowest BCUT2D eigenvalue weighted by molar-refractivity contribution is 0.584. The van der Waals surface area contributed by atoms with Gasteiger partial charge in [-0.25, -0.2) is 0 Å². The van der Waals surface area contributed by atoms with Crippen LogP contribution < -0.4 is 5.56 Å². The van der Waals surface area contributed by atoms with Gasteiger partial charge in [-0.05, 0) is 30.9 Å². The third-order valence-corrected chi connectivity index (χ3v) is 3.24. The van der Waals surface area contributed by atoms with Crippen LogP contribution in [0.5, 0.6) is 0 Å². The van der Waals surface area contributed by atoms with Crippen LogP contribution in [0.3, 0.4) is 0 Å². The van der Waals surface area contributed by atoms with Crippen molar-refractivity contribution in [3.63, 3.8) is 0 Å². The number of hydrogen-bond acceptors (Lipinski definition) is 3. The number of hydrogen-bond donors (Lipinski definition) is 1. The molecule has 0 aromatic carbocycles. The predicted molar refractivity (Wildman–Crippen MR) is 63.9 cm³/mol. The van der Waals surface area contributed by atoms with E-state index < -0.39 is 0 Å². The summed E-state index contributed by atoms with van der Waals surface area (Å²) in [6, 6.07) is 4.08. The number of nitrogens with one attached hydrogen (secondary N) is 1. The van der Waals surface area contributed by atoms with E-state index >= 15 is 0 Å². The molecule has 3 rings (SSSR count). The molecule has 2 aromatic heterocycles. The molecule has 0 bridgehead atoms. The maximum atomic E-state index is 11.3. The van der Waals surface area contributed by atoms with E-state index in [-0.39, 0.29) is 11.5 Å². The molecular formula is C13H13N3O. The molecule has 1 unspecified atom stereocenters. The highest BCUT2D eigenvalue weighted by molar-refractivity contribution is 5.31. The number of nitrogens with zero attached hydrogens (tertiary/aromatic N) is 2. The molecule has 17 heavy (non-hydrogen) atoms. The number of aromatic nitrogens is 3. The fourth-order valence-corrected chi connectivity index (χ4v) is 2.48. The van der Waals surface area contributed by atoms with Crippen LogP contribution in [0.2, 0.25) is 0 Å². The number of rotatable bonds is 1. The molecule has 2 aromatic rings. The minimum atomic E-state index is -0.148. The zero-order valence-corrected chi connectivity index (χ0v) is 9.39. The molecule has 86 valence electrons. The number of pyridine rings is 1. The summed E-state index contributed by atoms with van der Waals surface area (Å²) in [6.45, 7) is 0. The van der Waals surface area contributed by atoms with Crippen molar-refractivity contribution in [3.8, 4) is 0 Å². The Labute approximate surface area is 98.8 Å². The van der Waals surface area contributed by atoms with Crippen molar-refractivity contribution in [2.45, 2.75) is 25.2 Å². The van der Waals surface area contributed by atoms with Crippen molar-refractivity contribution in [1.82, 2.24) is 15.0 Å². The average molecular weight is 227 g/mol. The van der Waals surface area contributed by atoms with E-state index in [2.05, 4.69) is 21.0 Å². The highest BCUT2D eigenvalue weighted by Gasteiger charge is 2.23. The molecule has 0 amide bonds. The molecule has 4 heteroatoms. The zero-order chi connectivity index (χ0) is 11.7. The first kappa shape index (κ1) is 10.2. The molecule has 0 aliphatic heterocycles. The van der Waals surface area contributed by atoms with Gasteiger partial charge in [0.05, 0.1) is 11.9 Å². The van der Waals surface area contributed by atoms with Crippen LogP contribution in [0, 0.1) is 0 Å². The lowest BCUT2D eigenvalue weighted by Gasteiger charge is -2.23. The number of fused-ring (bicyclic) bond motifs is 1. The molecule has 0 fully saturated rings. The van der Waals surface area contributed by atoms with E-state index in [1.807, 2.05) is 12.3 Å². The third kappa shape index (κ3) is 1.86. The highest BCUT2D eigenvalue weighted by Crippen LogP contribution is 2.33. The van der Waals surface area contributed by atoms with Gasteiger partial charge in [0, 0.05) is 24.0 Å². The second-order valence-electron chi connectivity index (χ2n) is 4.34. The van der Waals surface area contributed by atoms with Crippen LogP contribution in [0.25, 0.3) is 0 Å². The summed E-state index contributed by atoms with van der Waals surface area (Å²) in [4.78, 5) is 22.6. The molecule has 0 saturated heterocycles. The molecule has 1 aliphatic rings. The van der Waals surface area contributed by atoms with Gasteiger partial charge in [-0.2, -0.15) is 0 Å². The minimum Gasteiger partial charge on any atom is -0.323 e. The van der Waals surface area contributed by atoms with Gasteiger partial charge in [0.2, 0.25) is 0 Å². The Hall–Kier alpha value is -1.97. The number of aromatic amines is 1. The van der Waals surface area contributed by atoms with Gasteiger partial charge in [-0.3, -0.25) is 14.8 Å². The molecule has 2 heterocycles. The Morgan fingerprint density at radius 3 is 3.18 bits per heavy atom. The smallest absolute Gasteiger partial charge is 0.266 e. The van der Waals surface area contributed by atoms with Gasteiger partial charge in [0.25, 0.3) is 5.56 Å². The summed E-state index contributed by atoms with van der Waals surface area (Å²) in [7, 11) is 0. The Kier molecular flexibility index (Phi) is 2.48. The normalized spacial score (nSPS) is 18.7. The van der Waals surface area contributed by atoms with E-state index in [0.717, 1.165) is 30.7 Å². The molecule has 1 aliphatic carbocycles. The maximum Gasteiger partial charge on any atom is 0.266 e. The van der Waals surface area contributed by atoms with Crippen molar-refractivity contribution in [1.29, 1.82) is 0 Å². The highest BCUT2D eigenvalue weighted by atomic mass is 16.1. The van der Waals surface area contributed by atoms with Crippen molar-refractivity contribution in [2.24, 2.45) is 0 Å². The summed E-state index contributed by atoms with van der Waals surface area (Å²) in [5.74, 6) is 0.182. The van der Waals surface area contributed by atoms with E-state index in [4.69, 9.17) is 0 Å². The molecule has 4 nitrogen and oxygen atoms in total. The van der Waals surface area contributed by atoms with Gasteiger partial charge in [0.1, 0.15) is 0 Å². The summed E-state index contributed by atoms with van der Waals surface area (Å²) in [6.07, 6.45) is 8.06. The summed E-state index contributed by atoms with van der Waals surface area (Å²) >= 11 is 0. The van der Waals surface area contributed by atoms with E-state index in [1.54, 1.807) is 6.20 Å². The average Bonchev–Trinajstić information content (AvgIpc) is 2.38. The molecule has 0 saturated carbocycles. The maximum absolute atomic E-state index is 11.3. The fraction of sp³-hybridized carbons (Fsp3) is 0.308. The first-order chi connectivity index (χ1) is 8.34. The lowest BCUT2D eigenvalue weighted by Crippen LogP contribution is -2.17.